The zero-order chi connectivity index (χ0) is 11.9. The van der Waals surface area contributed by atoms with Crippen LogP contribution in [0.3, 0.4) is 0 Å². The van der Waals surface area contributed by atoms with Crippen LogP contribution in [0.4, 0.5) is 11.6 Å². The van der Waals surface area contributed by atoms with Crippen molar-refractivity contribution < 1.29 is 4.92 Å². The lowest BCUT2D eigenvalue weighted by molar-refractivity contribution is -0.388. The highest BCUT2D eigenvalue weighted by Gasteiger charge is 2.38. The van der Waals surface area contributed by atoms with Crippen LogP contribution in [-0.4, -0.2) is 21.0 Å². The second kappa shape index (κ2) is 3.47. The highest BCUT2D eigenvalue weighted by molar-refractivity contribution is 5.53. The molecule has 1 aliphatic carbocycles. The van der Waals surface area contributed by atoms with Gasteiger partial charge in [0, 0.05) is 20.5 Å². The largest absolute Gasteiger partial charge is 0.406 e. The molecular weight excluding hydrogens is 208 g/mol. The Morgan fingerprint density at radius 1 is 1.62 bits per heavy atom. The number of rotatable bonds is 4. The van der Waals surface area contributed by atoms with Crippen LogP contribution in [0, 0.1) is 22.5 Å². The molecule has 6 heteroatoms. The van der Waals surface area contributed by atoms with Gasteiger partial charge in [-0.2, -0.15) is 0 Å². The molecule has 0 spiro atoms. The molecule has 0 bridgehead atoms. The van der Waals surface area contributed by atoms with Gasteiger partial charge in [0.1, 0.15) is 0 Å². The lowest BCUT2D eigenvalue weighted by Crippen LogP contribution is -2.14. The maximum Gasteiger partial charge on any atom is 0.406 e. The van der Waals surface area contributed by atoms with Crippen molar-refractivity contribution in [1.29, 1.82) is 0 Å². The second-order valence-electron chi connectivity index (χ2n) is 4.81. The van der Waals surface area contributed by atoms with Gasteiger partial charge in [0.15, 0.2) is 0 Å². The number of aryl methyl sites for hydroxylation is 1. The quantitative estimate of drug-likeness (QED) is 0.625. The predicted octanol–water partition coefficient (Wildman–Crippen LogP) is 1.85. The summed E-state index contributed by atoms with van der Waals surface area (Å²) in [6, 6.07) is 0. The third-order valence-corrected chi connectivity index (χ3v) is 3.26. The third-order valence-electron chi connectivity index (χ3n) is 3.26. The number of nitro groups is 1. The lowest BCUT2D eigenvalue weighted by Gasteiger charge is -2.10. The first-order valence-corrected chi connectivity index (χ1v) is 5.34. The van der Waals surface area contributed by atoms with Gasteiger partial charge in [-0.15, -0.1) is 0 Å². The number of aromatic nitrogens is 2. The fourth-order valence-electron chi connectivity index (χ4n) is 1.61. The molecule has 1 aromatic rings. The SMILES string of the molecule is Cc1nc([N+](=O)[O-])c(NCC2(C)CC2)n1C. The topological polar surface area (TPSA) is 73.0 Å². The summed E-state index contributed by atoms with van der Waals surface area (Å²) >= 11 is 0. The number of nitrogens with one attached hydrogen (secondary N) is 1. The first kappa shape index (κ1) is 10.9. The molecule has 0 unspecified atom stereocenters. The van der Waals surface area contributed by atoms with Gasteiger partial charge in [-0.25, -0.2) is 0 Å². The average Bonchev–Trinajstić information content (AvgIpc) is 2.87. The molecule has 0 radical (unpaired) electrons. The van der Waals surface area contributed by atoms with Crippen molar-refractivity contribution in [1.82, 2.24) is 9.55 Å². The molecule has 1 heterocycles. The summed E-state index contributed by atoms with van der Waals surface area (Å²) in [6.45, 7) is 4.71. The zero-order valence-corrected chi connectivity index (χ0v) is 9.78. The van der Waals surface area contributed by atoms with E-state index in [2.05, 4.69) is 17.2 Å². The van der Waals surface area contributed by atoms with Gasteiger partial charge >= 0.3 is 5.82 Å². The second-order valence-corrected chi connectivity index (χ2v) is 4.81. The molecule has 88 valence electrons. The van der Waals surface area contributed by atoms with E-state index in [0.717, 1.165) is 6.54 Å². The molecule has 1 fully saturated rings. The molecular formula is C10H16N4O2. The van der Waals surface area contributed by atoms with Crippen molar-refractivity contribution >= 4 is 11.6 Å². The van der Waals surface area contributed by atoms with E-state index < -0.39 is 4.92 Å². The summed E-state index contributed by atoms with van der Waals surface area (Å²) in [4.78, 5) is 14.3. The Morgan fingerprint density at radius 2 is 2.25 bits per heavy atom. The fraction of sp³-hybridized carbons (Fsp3) is 0.700. The van der Waals surface area contributed by atoms with Crippen LogP contribution in [0.15, 0.2) is 0 Å². The van der Waals surface area contributed by atoms with Crippen LogP contribution in [0.25, 0.3) is 0 Å². The summed E-state index contributed by atoms with van der Waals surface area (Å²) in [6.07, 6.45) is 2.37. The Balaban J connectivity index is 2.20. The number of hydrogen-bond donors (Lipinski definition) is 1. The van der Waals surface area contributed by atoms with E-state index >= 15 is 0 Å². The van der Waals surface area contributed by atoms with Crippen LogP contribution in [0.5, 0.6) is 0 Å². The molecule has 0 atom stereocenters. The molecule has 0 aliphatic heterocycles. The minimum Gasteiger partial charge on any atom is -0.364 e. The average molecular weight is 224 g/mol. The molecule has 0 aromatic carbocycles. The zero-order valence-electron chi connectivity index (χ0n) is 9.78. The van der Waals surface area contributed by atoms with Crippen molar-refractivity contribution in [3.05, 3.63) is 15.9 Å². The van der Waals surface area contributed by atoms with Crippen LogP contribution >= 0.6 is 0 Å². The first-order chi connectivity index (χ1) is 7.43. The van der Waals surface area contributed by atoms with Crippen molar-refractivity contribution in [2.75, 3.05) is 11.9 Å². The van der Waals surface area contributed by atoms with Gasteiger partial charge in [0.05, 0.1) is 0 Å². The van der Waals surface area contributed by atoms with Crippen LogP contribution in [0.2, 0.25) is 0 Å². The molecule has 1 saturated carbocycles. The summed E-state index contributed by atoms with van der Waals surface area (Å²) in [5.74, 6) is 1.08. The van der Waals surface area contributed by atoms with Gasteiger partial charge in [-0.05, 0) is 28.2 Å². The van der Waals surface area contributed by atoms with E-state index in [1.165, 1.54) is 12.8 Å². The van der Waals surface area contributed by atoms with E-state index in [1.54, 1.807) is 18.5 Å². The molecule has 16 heavy (non-hydrogen) atoms. The minimum atomic E-state index is -0.440. The molecule has 0 amide bonds. The van der Waals surface area contributed by atoms with E-state index in [1.807, 2.05) is 0 Å². The predicted molar refractivity (Wildman–Crippen MR) is 60.4 cm³/mol. The monoisotopic (exact) mass is 224 g/mol. The summed E-state index contributed by atoms with van der Waals surface area (Å²) in [5, 5.41) is 14.0. The summed E-state index contributed by atoms with van der Waals surface area (Å²) in [5.41, 5.74) is 0.312. The first-order valence-electron chi connectivity index (χ1n) is 5.34. The van der Waals surface area contributed by atoms with E-state index in [-0.39, 0.29) is 5.82 Å². The van der Waals surface area contributed by atoms with E-state index in [0.29, 0.717) is 17.1 Å². The summed E-state index contributed by atoms with van der Waals surface area (Å²) in [7, 11) is 1.78. The van der Waals surface area contributed by atoms with E-state index in [4.69, 9.17) is 0 Å². The Kier molecular flexibility index (Phi) is 2.36. The van der Waals surface area contributed by atoms with Crippen LogP contribution in [-0.2, 0) is 7.05 Å². The summed E-state index contributed by atoms with van der Waals surface area (Å²) < 4.78 is 1.73. The van der Waals surface area contributed by atoms with Crippen molar-refractivity contribution in [2.45, 2.75) is 26.7 Å². The standard InChI is InChI=1S/C10H16N4O2/c1-7-12-9(14(15)16)8(13(7)3)11-6-10(2)4-5-10/h11H,4-6H2,1-3H3. The van der Waals surface area contributed by atoms with Gasteiger partial charge in [0.25, 0.3) is 0 Å². The molecule has 1 N–H and O–H groups in total. The molecule has 0 saturated heterocycles. The fourth-order valence-corrected chi connectivity index (χ4v) is 1.61. The van der Waals surface area contributed by atoms with Crippen LogP contribution in [0.1, 0.15) is 25.6 Å². The maximum absolute atomic E-state index is 10.8. The molecule has 2 rings (SSSR count). The Bertz CT molecular complexity index is 434. The van der Waals surface area contributed by atoms with Gasteiger partial charge in [-0.1, -0.05) is 6.92 Å². The van der Waals surface area contributed by atoms with Crippen molar-refractivity contribution in [3.8, 4) is 0 Å². The number of imidazole rings is 1. The number of anilines is 1. The Labute approximate surface area is 93.8 Å². The lowest BCUT2D eigenvalue weighted by atomic mass is 10.1. The molecule has 6 nitrogen and oxygen atoms in total. The Morgan fingerprint density at radius 3 is 2.75 bits per heavy atom. The van der Waals surface area contributed by atoms with Gasteiger partial charge in [0.2, 0.25) is 11.6 Å². The number of hydrogen-bond acceptors (Lipinski definition) is 4. The van der Waals surface area contributed by atoms with Crippen LogP contribution < -0.4 is 5.32 Å². The molecule has 1 aliphatic rings. The molecule has 1 aromatic heterocycles. The van der Waals surface area contributed by atoms with E-state index in [9.17, 15) is 10.1 Å². The van der Waals surface area contributed by atoms with Gasteiger partial charge < -0.3 is 15.4 Å². The van der Waals surface area contributed by atoms with Gasteiger partial charge in [-0.3, -0.25) is 4.57 Å². The third kappa shape index (κ3) is 1.87. The highest BCUT2D eigenvalue weighted by atomic mass is 16.6. The van der Waals surface area contributed by atoms with Crippen molar-refractivity contribution in [3.63, 3.8) is 0 Å². The highest BCUT2D eigenvalue weighted by Crippen LogP contribution is 2.45. The smallest absolute Gasteiger partial charge is 0.364 e. The number of nitrogens with zero attached hydrogens (tertiary/aromatic N) is 3. The minimum absolute atomic E-state index is 0.0794. The Hall–Kier alpha value is -1.59. The normalized spacial score (nSPS) is 17.2. The van der Waals surface area contributed by atoms with Crippen molar-refractivity contribution in [2.24, 2.45) is 12.5 Å². The maximum atomic E-state index is 10.8.